The Morgan fingerprint density at radius 1 is 0.946 bits per heavy atom. The average Bonchev–Trinajstić information content (AvgIpc) is 3.69. The molecule has 1 aliphatic heterocycles. The van der Waals surface area contributed by atoms with Crippen molar-refractivity contribution in [1.82, 2.24) is 5.32 Å². The number of ether oxygens (including phenoxy) is 4. The predicted octanol–water partition coefficient (Wildman–Crippen LogP) is 0.804. The monoisotopic (exact) mass is 785 g/mol. The molecular formula is C40H51NO15. The van der Waals surface area contributed by atoms with Crippen molar-refractivity contribution in [2.75, 3.05) is 6.61 Å². The molecule has 2 saturated carbocycles. The zero-order valence-electron chi connectivity index (χ0n) is 32.2. The lowest BCUT2D eigenvalue weighted by Crippen LogP contribution is -2.84. The van der Waals surface area contributed by atoms with Crippen LogP contribution in [-0.2, 0) is 28.5 Å². The van der Waals surface area contributed by atoms with Crippen LogP contribution in [0.25, 0.3) is 0 Å². The number of nitrogens with one attached hydrogen (secondary N) is 1. The molecular weight excluding hydrogens is 734 g/mol. The van der Waals surface area contributed by atoms with Gasteiger partial charge in [-0.2, -0.15) is 0 Å². The van der Waals surface area contributed by atoms with Crippen LogP contribution in [-0.4, -0.2) is 127 Å². The van der Waals surface area contributed by atoms with E-state index >= 15 is 0 Å². The highest BCUT2D eigenvalue weighted by atomic mass is 16.6. The smallest absolute Gasteiger partial charge is 0.338 e. The van der Waals surface area contributed by atoms with Crippen molar-refractivity contribution in [3.8, 4) is 0 Å². The Morgan fingerprint density at radius 3 is 2.16 bits per heavy atom. The number of benzene rings is 1. The van der Waals surface area contributed by atoms with E-state index in [1.165, 1.54) is 58.2 Å². The molecule has 2 bridgehead atoms. The molecule has 2 aromatic rings. The van der Waals surface area contributed by atoms with Crippen LogP contribution in [0.3, 0.4) is 0 Å². The van der Waals surface area contributed by atoms with E-state index in [2.05, 4.69) is 5.32 Å². The van der Waals surface area contributed by atoms with Gasteiger partial charge in [0.25, 0.3) is 5.91 Å². The molecule has 16 heteroatoms. The van der Waals surface area contributed by atoms with E-state index in [-0.39, 0.29) is 35.5 Å². The van der Waals surface area contributed by atoms with Gasteiger partial charge in [0.1, 0.15) is 30.0 Å². The number of aliphatic hydroxyl groups is 6. The van der Waals surface area contributed by atoms with Gasteiger partial charge in [-0.1, -0.05) is 52.8 Å². The highest BCUT2D eigenvalue weighted by Gasteiger charge is 2.79. The molecule has 16 nitrogen and oxygen atoms in total. The van der Waals surface area contributed by atoms with Crippen LogP contribution in [0.1, 0.15) is 75.8 Å². The van der Waals surface area contributed by atoms with Crippen LogP contribution in [0.15, 0.2) is 64.3 Å². The second-order valence-electron chi connectivity index (χ2n) is 16.5. The van der Waals surface area contributed by atoms with Crippen molar-refractivity contribution >= 4 is 23.8 Å². The molecule has 1 amide bonds. The zero-order valence-corrected chi connectivity index (χ0v) is 32.2. The largest absolute Gasteiger partial charge is 0.459 e. The van der Waals surface area contributed by atoms with E-state index < -0.39 is 113 Å². The minimum atomic E-state index is -2.77. The second-order valence-corrected chi connectivity index (χ2v) is 16.5. The summed E-state index contributed by atoms with van der Waals surface area (Å²) in [6, 6.07) is 9.32. The molecule has 0 spiro atoms. The number of carbonyl (C=O) groups excluding carboxylic acids is 4. The fourth-order valence-corrected chi connectivity index (χ4v) is 9.73. The number of amides is 1. The van der Waals surface area contributed by atoms with E-state index in [1.807, 2.05) is 0 Å². The Balaban J connectivity index is 1.51. The quantitative estimate of drug-likeness (QED) is 0.106. The maximum absolute atomic E-state index is 14.1. The number of hydrogen-bond donors (Lipinski definition) is 7. The molecule has 4 aliphatic rings. The Bertz CT molecular complexity index is 1860. The number of fused-ring (bicyclic) bond motifs is 5. The number of furan rings is 1. The number of esters is 3. The normalized spacial score (nSPS) is 37.0. The average molecular weight is 786 g/mol. The lowest BCUT2D eigenvalue weighted by molar-refractivity contribution is -0.370. The molecule has 306 valence electrons. The van der Waals surface area contributed by atoms with Crippen LogP contribution in [0.2, 0.25) is 0 Å². The van der Waals surface area contributed by atoms with Gasteiger partial charge in [0, 0.05) is 24.2 Å². The molecule has 1 saturated heterocycles. The van der Waals surface area contributed by atoms with Crippen molar-refractivity contribution in [3.05, 3.63) is 71.2 Å². The summed E-state index contributed by atoms with van der Waals surface area (Å²) in [6.45, 7) is 9.76. The van der Waals surface area contributed by atoms with Gasteiger partial charge >= 0.3 is 17.9 Å². The van der Waals surface area contributed by atoms with Gasteiger partial charge < -0.3 is 59.3 Å². The Hall–Kier alpha value is -4.16. The van der Waals surface area contributed by atoms with E-state index in [1.54, 1.807) is 32.0 Å². The van der Waals surface area contributed by atoms with Crippen LogP contribution >= 0.6 is 0 Å². The summed E-state index contributed by atoms with van der Waals surface area (Å²) in [5.41, 5.74) is -8.41. The van der Waals surface area contributed by atoms with Crippen molar-refractivity contribution in [2.45, 2.75) is 121 Å². The maximum atomic E-state index is 14.1. The van der Waals surface area contributed by atoms with Crippen molar-refractivity contribution in [1.29, 1.82) is 0 Å². The molecule has 7 N–H and O–H groups in total. The van der Waals surface area contributed by atoms with Gasteiger partial charge in [-0.3, -0.25) is 9.59 Å². The van der Waals surface area contributed by atoms with Gasteiger partial charge in [-0.15, -0.1) is 0 Å². The van der Waals surface area contributed by atoms with Crippen molar-refractivity contribution in [3.63, 3.8) is 0 Å². The Kier molecular flexibility index (Phi) is 10.9. The maximum Gasteiger partial charge on any atom is 0.338 e. The molecule has 1 aromatic carbocycles. The first-order valence-corrected chi connectivity index (χ1v) is 18.6. The summed E-state index contributed by atoms with van der Waals surface area (Å²) in [7, 11) is 0. The SMILES string of the molecule is CC(=O)O[C@@]12CO[C@@H]1C[C@H](O)[C@]1(C)C2C(OC(=O)c2ccccc2)[C@]2(O)[C@@H](O)[C@H](OC(=O)[C@H](O)[C@@H](NC(=O)c3ccco3)C(C)C)C(C)=C([C@@H](O)[C@H]1O)C2(C)C. The van der Waals surface area contributed by atoms with Gasteiger partial charge in [-0.25, -0.2) is 9.59 Å². The number of hydrogen-bond acceptors (Lipinski definition) is 15. The first kappa shape index (κ1) is 41.5. The summed E-state index contributed by atoms with van der Waals surface area (Å²) in [5.74, 6) is -6.07. The zero-order chi connectivity index (χ0) is 41.3. The number of aliphatic hydroxyl groups excluding tert-OH is 5. The van der Waals surface area contributed by atoms with Gasteiger partial charge in [0.05, 0.1) is 42.6 Å². The van der Waals surface area contributed by atoms with Gasteiger partial charge in [0.15, 0.2) is 23.6 Å². The van der Waals surface area contributed by atoms with E-state index in [0.29, 0.717) is 0 Å². The molecule has 1 aromatic heterocycles. The summed E-state index contributed by atoms with van der Waals surface area (Å²) in [6.07, 6.45) is -13.4. The summed E-state index contributed by atoms with van der Waals surface area (Å²) in [4.78, 5) is 53.7. The Morgan fingerprint density at radius 2 is 1.61 bits per heavy atom. The molecule has 56 heavy (non-hydrogen) atoms. The van der Waals surface area contributed by atoms with E-state index in [4.69, 9.17) is 23.4 Å². The topological polar surface area (TPSA) is 252 Å². The molecule has 13 atom stereocenters. The minimum absolute atomic E-state index is 0.0139. The summed E-state index contributed by atoms with van der Waals surface area (Å²) in [5, 5.41) is 76.2. The fraction of sp³-hybridized carbons (Fsp3) is 0.600. The summed E-state index contributed by atoms with van der Waals surface area (Å²) < 4.78 is 29.0. The van der Waals surface area contributed by atoms with Crippen molar-refractivity contribution in [2.24, 2.45) is 22.7 Å². The lowest BCUT2D eigenvalue weighted by Gasteiger charge is -2.69. The third-order valence-corrected chi connectivity index (χ3v) is 12.8. The number of carbonyl (C=O) groups is 4. The highest BCUT2D eigenvalue weighted by molar-refractivity contribution is 5.92. The summed E-state index contributed by atoms with van der Waals surface area (Å²) >= 11 is 0. The van der Waals surface area contributed by atoms with Crippen LogP contribution in [0, 0.1) is 22.7 Å². The van der Waals surface area contributed by atoms with Crippen LogP contribution in [0.5, 0.6) is 0 Å². The lowest BCUT2D eigenvalue weighted by atomic mass is 9.44. The van der Waals surface area contributed by atoms with Gasteiger partial charge in [-0.05, 0) is 48.3 Å². The minimum Gasteiger partial charge on any atom is -0.459 e. The molecule has 2 heterocycles. The second kappa shape index (κ2) is 14.7. The molecule has 3 fully saturated rings. The molecule has 0 radical (unpaired) electrons. The van der Waals surface area contributed by atoms with Gasteiger partial charge in [0.2, 0.25) is 0 Å². The highest BCUT2D eigenvalue weighted by Crippen LogP contribution is 2.65. The fourth-order valence-electron chi connectivity index (χ4n) is 9.73. The number of rotatable bonds is 9. The third kappa shape index (κ3) is 6.17. The Labute approximate surface area is 323 Å². The third-order valence-electron chi connectivity index (χ3n) is 12.8. The molecule has 3 aliphatic carbocycles. The molecule has 6 rings (SSSR count). The first-order valence-electron chi connectivity index (χ1n) is 18.6. The first-order chi connectivity index (χ1) is 26.2. The van der Waals surface area contributed by atoms with Crippen LogP contribution < -0.4 is 5.32 Å². The van der Waals surface area contributed by atoms with E-state index in [0.717, 1.165) is 6.92 Å². The molecule has 2 unspecified atom stereocenters. The van der Waals surface area contributed by atoms with Crippen LogP contribution in [0.4, 0.5) is 0 Å². The van der Waals surface area contributed by atoms with Crippen molar-refractivity contribution < 1.29 is 73.2 Å². The standard InChI is InChI=1S/C40H51NO15/c1-18(2)26(41-34(48)22-14-11-15-52-22)28(45)36(50)54-29-19(3)25-27(44)31(46)38(7)23(43)16-24-39(17-53-24,56-20(4)42)30(38)33(40(51,32(29)47)37(25,5)6)55-35(49)21-12-9-8-10-13-21/h8-15,18,23-24,26-33,43-47,51H,16-17H2,1-7H3,(H,41,48)/t23-,24+,26-,27+,28+,29+,30?,31+,32-,33?,38+,39-,40+/m0/s1. The van der Waals surface area contributed by atoms with E-state index in [9.17, 15) is 49.8 Å². The predicted molar refractivity (Wildman–Crippen MR) is 192 cm³/mol.